The molecule has 2 bridgehead atoms. The van der Waals surface area contributed by atoms with Crippen LogP contribution in [0.2, 0.25) is 0 Å². The van der Waals surface area contributed by atoms with Crippen molar-refractivity contribution in [1.82, 2.24) is 10.2 Å². The molecule has 0 radical (unpaired) electrons. The van der Waals surface area contributed by atoms with Crippen molar-refractivity contribution in [1.29, 1.82) is 0 Å². The summed E-state index contributed by atoms with van der Waals surface area (Å²) in [5.41, 5.74) is 3.40. The minimum atomic E-state index is -4.73. The summed E-state index contributed by atoms with van der Waals surface area (Å²) < 4.78 is 47.9. The van der Waals surface area contributed by atoms with Gasteiger partial charge in [0.1, 0.15) is 11.9 Å². The standard InChI is InChI=1S/C27H31F3N2O3/c1-26(2)11-8-20-14-19(18-4-3-5-21(15-18)35-27(28,29)30)6-7-22(20)24(26)31-25(33)34-23-16-32-12-9-17(23)10-13-32/h3-7,14-15,17,23-24H,8-13,16H2,1-2H3,(H,31,33)/t23-,24?/m1/s1. The zero-order chi connectivity index (χ0) is 24.8. The van der Waals surface area contributed by atoms with Crippen molar-refractivity contribution in [2.45, 2.75) is 58.0 Å². The molecular weight excluding hydrogens is 457 g/mol. The molecule has 1 N–H and O–H groups in total. The van der Waals surface area contributed by atoms with Crippen LogP contribution in [0.15, 0.2) is 42.5 Å². The molecule has 0 spiro atoms. The van der Waals surface area contributed by atoms with Crippen molar-refractivity contribution < 1.29 is 27.4 Å². The SMILES string of the molecule is CC1(C)CCc2cc(-c3cccc(OC(F)(F)F)c3)ccc2C1NC(=O)O[C@@H]1CN2CCC1CC2. The Morgan fingerprint density at radius 2 is 1.83 bits per heavy atom. The number of rotatable bonds is 4. The van der Waals surface area contributed by atoms with Crippen molar-refractivity contribution in [2.24, 2.45) is 11.3 Å². The van der Waals surface area contributed by atoms with E-state index in [0.29, 0.717) is 11.5 Å². The molecule has 0 aromatic heterocycles. The fraction of sp³-hybridized carbons (Fsp3) is 0.519. The van der Waals surface area contributed by atoms with Gasteiger partial charge in [0.15, 0.2) is 0 Å². The fourth-order valence-electron chi connectivity index (χ4n) is 5.79. The second-order valence-corrected chi connectivity index (χ2v) is 10.6. The zero-order valence-corrected chi connectivity index (χ0v) is 20.0. The zero-order valence-electron chi connectivity index (χ0n) is 20.0. The number of hydrogen-bond acceptors (Lipinski definition) is 4. The number of carbonyl (C=O) groups excluding carboxylic acids is 1. The molecule has 188 valence electrons. The van der Waals surface area contributed by atoms with Gasteiger partial charge in [0.2, 0.25) is 0 Å². The number of ether oxygens (including phenoxy) is 2. The first-order chi connectivity index (χ1) is 16.6. The van der Waals surface area contributed by atoms with Gasteiger partial charge in [0.05, 0.1) is 6.04 Å². The number of hydrogen-bond donors (Lipinski definition) is 1. The topological polar surface area (TPSA) is 50.8 Å². The summed E-state index contributed by atoms with van der Waals surface area (Å²) in [6, 6.07) is 11.6. The number of fused-ring (bicyclic) bond motifs is 4. The minimum Gasteiger partial charge on any atom is -0.445 e. The Morgan fingerprint density at radius 1 is 1.09 bits per heavy atom. The van der Waals surface area contributed by atoms with Crippen molar-refractivity contribution in [3.63, 3.8) is 0 Å². The van der Waals surface area contributed by atoms with E-state index in [0.717, 1.165) is 62.0 Å². The molecule has 2 aromatic carbocycles. The number of carbonyl (C=O) groups is 1. The molecule has 3 aliphatic heterocycles. The number of alkyl carbamates (subject to hydrolysis) is 1. The third-order valence-corrected chi connectivity index (χ3v) is 7.79. The molecule has 3 heterocycles. The minimum absolute atomic E-state index is 0.0581. The Labute approximate surface area is 203 Å². The van der Waals surface area contributed by atoms with E-state index in [1.54, 1.807) is 12.1 Å². The number of amides is 1. The summed E-state index contributed by atoms with van der Waals surface area (Å²) in [6.07, 6.45) is -1.33. The van der Waals surface area contributed by atoms with Gasteiger partial charge in [-0.05, 0) is 84.5 Å². The second kappa shape index (κ2) is 9.04. The van der Waals surface area contributed by atoms with Gasteiger partial charge in [0, 0.05) is 6.54 Å². The summed E-state index contributed by atoms with van der Waals surface area (Å²) in [6.45, 7) is 7.26. The largest absolute Gasteiger partial charge is 0.573 e. The van der Waals surface area contributed by atoms with E-state index in [1.165, 1.54) is 12.1 Å². The quantitative estimate of drug-likeness (QED) is 0.566. The first-order valence-electron chi connectivity index (χ1n) is 12.3. The van der Waals surface area contributed by atoms with Gasteiger partial charge >= 0.3 is 12.5 Å². The molecule has 5 nitrogen and oxygen atoms in total. The fourth-order valence-corrected chi connectivity index (χ4v) is 5.79. The number of benzene rings is 2. The highest BCUT2D eigenvalue weighted by Gasteiger charge is 2.40. The summed E-state index contributed by atoms with van der Waals surface area (Å²) >= 11 is 0. The summed E-state index contributed by atoms with van der Waals surface area (Å²) in [4.78, 5) is 15.3. The first kappa shape index (κ1) is 24.0. The monoisotopic (exact) mass is 488 g/mol. The van der Waals surface area contributed by atoms with Gasteiger partial charge in [-0.2, -0.15) is 0 Å². The smallest absolute Gasteiger partial charge is 0.445 e. The molecule has 6 rings (SSSR count). The lowest BCUT2D eigenvalue weighted by Gasteiger charge is -2.44. The molecule has 8 heteroatoms. The number of halogens is 3. The Hall–Kier alpha value is -2.74. The van der Waals surface area contributed by atoms with Gasteiger partial charge in [-0.1, -0.05) is 44.2 Å². The van der Waals surface area contributed by atoms with Crippen molar-refractivity contribution >= 4 is 6.09 Å². The normalized spacial score (nSPS) is 27.1. The van der Waals surface area contributed by atoms with Crippen molar-refractivity contribution in [3.8, 4) is 16.9 Å². The Balaban J connectivity index is 1.34. The lowest BCUT2D eigenvalue weighted by molar-refractivity contribution is -0.274. The number of aryl methyl sites for hydroxylation is 1. The summed E-state index contributed by atoms with van der Waals surface area (Å²) in [5.74, 6) is 0.195. The average Bonchev–Trinajstić information content (AvgIpc) is 2.80. The molecule has 2 aromatic rings. The van der Waals surface area contributed by atoms with Gasteiger partial charge < -0.3 is 14.8 Å². The third kappa shape index (κ3) is 5.27. The van der Waals surface area contributed by atoms with E-state index in [4.69, 9.17) is 4.74 Å². The molecule has 2 atom stereocenters. The van der Waals surface area contributed by atoms with Crippen LogP contribution >= 0.6 is 0 Å². The van der Waals surface area contributed by atoms with Crippen LogP contribution in [0.25, 0.3) is 11.1 Å². The molecule has 0 saturated carbocycles. The number of nitrogens with zero attached hydrogens (tertiary/aromatic N) is 1. The number of alkyl halides is 3. The van der Waals surface area contributed by atoms with Gasteiger partial charge in [0.25, 0.3) is 0 Å². The Bertz CT molecular complexity index is 1090. The maximum atomic E-state index is 12.9. The Morgan fingerprint density at radius 3 is 2.51 bits per heavy atom. The van der Waals surface area contributed by atoms with E-state index in [2.05, 4.69) is 28.8 Å². The first-order valence-corrected chi connectivity index (χ1v) is 12.3. The van der Waals surface area contributed by atoms with Crippen LogP contribution in [-0.2, 0) is 11.2 Å². The van der Waals surface area contributed by atoms with Gasteiger partial charge in [-0.25, -0.2) is 4.79 Å². The van der Waals surface area contributed by atoms with Crippen LogP contribution in [0.1, 0.15) is 50.3 Å². The molecule has 4 aliphatic rings. The van der Waals surface area contributed by atoms with Gasteiger partial charge in [-0.15, -0.1) is 13.2 Å². The van der Waals surface area contributed by atoms with Crippen LogP contribution in [0.3, 0.4) is 0 Å². The van der Waals surface area contributed by atoms with E-state index < -0.39 is 6.36 Å². The molecule has 1 amide bonds. The molecular formula is C27H31F3N2O3. The average molecular weight is 489 g/mol. The Kier molecular flexibility index (Phi) is 6.20. The van der Waals surface area contributed by atoms with Crippen LogP contribution in [-0.4, -0.2) is 43.1 Å². The van der Waals surface area contributed by atoms with Crippen LogP contribution in [0, 0.1) is 11.3 Å². The van der Waals surface area contributed by atoms with E-state index in [9.17, 15) is 18.0 Å². The molecule has 1 aliphatic carbocycles. The number of piperidine rings is 3. The predicted molar refractivity (Wildman–Crippen MR) is 126 cm³/mol. The van der Waals surface area contributed by atoms with E-state index >= 15 is 0 Å². The second-order valence-electron chi connectivity index (χ2n) is 10.6. The highest BCUT2D eigenvalue weighted by molar-refractivity contribution is 5.70. The van der Waals surface area contributed by atoms with Crippen LogP contribution < -0.4 is 10.1 Å². The maximum absolute atomic E-state index is 12.9. The van der Waals surface area contributed by atoms with Crippen LogP contribution in [0.4, 0.5) is 18.0 Å². The summed E-state index contributed by atoms with van der Waals surface area (Å²) in [5, 5.41) is 3.14. The van der Waals surface area contributed by atoms with E-state index in [-0.39, 0.29) is 29.4 Å². The molecule has 35 heavy (non-hydrogen) atoms. The third-order valence-electron chi connectivity index (χ3n) is 7.79. The van der Waals surface area contributed by atoms with Gasteiger partial charge in [-0.3, -0.25) is 4.90 Å². The van der Waals surface area contributed by atoms with Crippen LogP contribution in [0.5, 0.6) is 5.75 Å². The summed E-state index contributed by atoms with van der Waals surface area (Å²) in [7, 11) is 0. The maximum Gasteiger partial charge on any atom is 0.573 e. The van der Waals surface area contributed by atoms with Crippen molar-refractivity contribution in [2.75, 3.05) is 19.6 Å². The van der Waals surface area contributed by atoms with E-state index in [1.807, 2.05) is 18.2 Å². The lowest BCUT2D eigenvalue weighted by Crippen LogP contribution is -2.53. The molecule has 1 unspecified atom stereocenters. The lowest BCUT2D eigenvalue weighted by atomic mass is 9.70. The predicted octanol–water partition coefficient (Wildman–Crippen LogP) is 6.09. The molecule has 3 fully saturated rings. The number of nitrogens with one attached hydrogen (secondary N) is 1. The highest BCUT2D eigenvalue weighted by atomic mass is 19.4. The highest BCUT2D eigenvalue weighted by Crippen LogP contribution is 2.45. The molecule has 3 saturated heterocycles. The van der Waals surface area contributed by atoms with Crippen molar-refractivity contribution in [3.05, 3.63) is 53.6 Å².